The second kappa shape index (κ2) is 7.60. The third kappa shape index (κ3) is 4.20. The van der Waals surface area contributed by atoms with Gasteiger partial charge in [-0.15, -0.1) is 0 Å². The van der Waals surface area contributed by atoms with Crippen molar-refractivity contribution in [3.05, 3.63) is 58.9 Å². The first kappa shape index (κ1) is 16.8. The summed E-state index contributed by atoms with van der Waals surface area (Å²) in [5.41, 5.74) is 2.57. The van der Waals surface area contributed by atoms with E-state index in [1.54, 1.807) is 44.2 Å². The van der Waals surface area contributed by atoms with E-state index >= 15 is 0 Å². The van der Waals surface area contributed by atoms with Crippen molar-refractivity contribution in [2.75, 3.05) is 6.61 Å². The highest BCUT2D eigenvalue weighted by atomic mass is 16.5. The summed E-state index contributed by atoms with van der Waals surface area (Å²) in [6, 6.07) is 9.82. The SMILES string of the molecule is CCOC(=O)c1cc(CN[C@H](C(=O)O)c2ccccc2)[nH]c1C. The first-order valence-electron chi connectivity index (χ1n) is 7.39. The van der Waals surface area contributed by atoms with Gasteiger partial charge in [0.05, 0.1) is 12.2 Å². The quantitative estimate of drug-likeness (QED) is 0.682. The maximum atomic E-state index is 11.8. The lowest BCUT2D eigenvalue weighted by atomic mass is 10.1. The van der Waals surface area contributed by atoms with Crippen LogP contribution in [0.1, 0.15) is 40.3 Å². The molecule has 0 bridgehead atoms. The summed E-state index contributed by atoms with van der Waals surface area (Å²) in [5.74, 6) is -1.34. The van der Waals surface area contributed by atoms with Gasteiger partial charge in [0.25, 0.3) is 0 Å². The minimum absolute atomic E-state index is 0.298. The summed E-state index contributed by atoms with van der Waals surface area (Å²) in [6.07, 6.45) is 0. The molecule has 3 N–H and O–H groups in total. The molecule has 122 valence electrons. The Morgan fingerprint density at radius 3 is 2.61 bits per heavy atom. The van der Waals surface area contributed by atoms with Crippen molar-refractivity contribution in [3.63, 3.8) is 0 Å². The fourth-order valence-electron chi connectivity index (χ4n) is 2.35. The molecule has 0 unspecified atom stereocenters. The predicted molar refractivity (Wildman–Crippen MR) is 85.1 cm³/mol. The van der Waals surface area contributed by atoms with E-state index in [0.29, 0.717) is 30.0 Å². The van der Waals surface area contributed by atoms with Crippen molar-refractivity contribution in [2.45, 2.75) is 26.4 Å². The van der Waals surface area contributed by atoms with Crippen molar-refractivity contribution in [3.8, 4) is 0 Å². The smallest absolute Gasteiger partial charge is 0.339 e. The highest BCUT2D eigenvalue weighted by Crippen LogP contribution is 2.16. The van der Waals surface area contributed by atoms with Crippen LogP contribution in [0.15, 0.2) is 36.4 Å². The molecule has 2 aromatic rings. The average Bonchev–Trinajstić information content (AvgIpc) is 2.89. The molecular formula is C17H20N2O4. The van der Waals surface area contributed by atoms with Crippen LogP contribution in [-0.2, 0) is 16.1 Å². The van der Waals surface area contributed by atoms with Gasteiger partial charge in [0.2, 0.25) is 0 Å². The van der Waals surface area contributed by atoms with Gasteiger partial charge < -0.3 is 14.8 Å². The van der Waals surface area contributed by atoms with Gasteiger partial charge in [-0.3, -0.25) is 10.1 Å². The molecule has 0 saturated carbocycles. The zero-order valence-corrected chi connectivity index (χ0v) is 13.1. The maximum Gasteiger partial charge on any atom is 0.339 e. The van der Waals surface area contributed by atoms with Gasteiger partial charge in [0, 0.05) is 17.9 Å². The lowest BCUT2D eigenvalue weighted by Gasteiger charge is -2.14. The zero-order chi connectivity index (χ0) is 16.8. The van der Waals surface area contributed by atoms with E-state index in [1.807, 2.05) is 6.07 Å². The van der Waals surface area contributed by atoms with Crippen LogP contribution in [-0.4, -0.2) is 28.6 Å². The highest BCUT2D eigenvalue weighted by molar-refractivity contribution is 5.91. The molecule has 6 heteroatoms. The van der Waals surface area contributed by atoms with Crippen LogP contribution in [0.4, 0.5) is 0 Å². The second-order valence-corrected chi connectivity index (χ2v) is 5.12. The first-order valence-corrected chi connectivity index (χ1v) is 7.39. The minimum atomic E-state index is -0.954. The molecular weight excluding hydrogens is 296 g/mol. The molecule has 6 nitrogen and oxygen atoms in total. The van der Waals surface area contributed by atoms with E-state index in [-0.39, 0.29) is 5.97 Å². The molecule has 0 saturated heterocycles. The standard InChI is InChI=1S/C17H20N2O4/c1-3-23-17(22)14-9-13(19-11(14)2)10-18-15(16(20)21)12-7-5-4-6-8-12/h4-9,15,18-19H,3,10H2,1-2H3,(H,20,21)/t15-/m0/s1. The number of benzene rings is 1. The summed E-state index contributed by atoms with van der Waals surface area (Å²) in [6.45, 7) is 4.14. The summed E-state index contributed by atoms with van der Waals surface area (Å²) in [7, 11) is 0. The Bertz CT molecular complexity index is 679. The van der Waals surface area contributed by atoms with Crippen molar-refractivity contribution >= 4 is 11.9 Å². The van der Waals surface area contributed by atoms with E-state index in [9.17, 15) is 14.7 Å². The number of carboxylic acids is 1. The number of H-pyrrole nitrogens is 1. The van der Waals surface area contributed by atoms with E-state index in [0.717, 1.165) is 5.69 Å². The Hall–Kier alpha value is -2.60. The number of hydrogen-bond donors (Lipinski definition) is 3. The normalized spacial score (nSPS) is 11.9. The third-order valence-electron chi connectivity index (χ3n) is 3.44. The molecule has 0 aliphatic rings. The first-order chi connectivity index (χ1) is 11.0. The number of ether oxygens (including phenoxy) is 1. The summed E-state index contributed by atoms with van der Waals surface area (Å²) >= 11 is 0. The van der Waals surface area contributed by atoms with E-state index in [2.05, 4.69) is 10.3 Å². The van der Waals surface area contributed by atoms with Crippen LogP contribution in [0.3, 0.4) is 0 Å². The Kier molecular flexibility index (Phi) is 5.54. The number of carboxylic acid groups (broad SMARTS) is 1. The summed E-state index contributed by atoms with van der Waals surface area (Å²) < 4.78 is 4.98. The van der Waals surface area contributed by atoms with Gasteiger partial charge >= 0.3 is 11.9 Å². The van der Waals surface area contributed by atoms with Crippen LogP contribution >= 0.6 is 0 Å². The molecule has 1 heterocycles. The average molecular weight is 316 g/mol. The number of carbonyl (C=O) groups excluding carboxylic acids is 1. The van der Waals surface area contributed by atoms with Crippen LogP contribution < -0.4 is 5.32 Å². The number of aryl methyl sites for hydroxylation is 1. The van der Waals surface area contributed by atoms with Gasteiger partial charge in [-0.05, 0) is 25.5 Å². The number of aliphatic carboxylic acids is 1. The van der Waals surface area contributed by atoms with E-state index < -0.39 is 12.0 Å². The van der Waals surface area contributed by atoms with Gasteiger partial charge in [0.1, 0.15) is 6.04 Å². The molecule has 0 aliphatic heterocycles. The Morgan fingerprint density at radius 2 is 2.00 bits per heavy atom. The third-order valence-corrected chi connectivity index (χ3v) is 3.44. The Balaban J connectivity index is 2.08. The van der Waals surface area contributed by atoms with Gasteiger partial charge in [-0.1, -0.05) is 30.3 Å². The number of rotatable bonds is 7. The maximum absolute atomic E-state index is 11.8. The monoisotopic (exact) mass is 316 g/mol. The number of hydrogen-bond acceptors (Lipinski definition) is 4. The van der Waals surface area contributed by atoms with E-state index in [4.69, 9.17) is 4.74 Å². The largest absolute Gasteiger partial charge is 0.480 e. The van der Waals surface area contributed by atoms with Crippen molar-refractivity contribution < 1.29 is 19.4 Å². The predicted octanol–water partition coefficient (Wildman–Crippen LogP) is 2.42. The van der Waals surface area contributed by atoms with Gasteiger partial charge in [-0.25, -0.2) is 4.79 Å². The molecule has 1 aromatic carbocycles. The fourth-order valence-corrected chi connectivity index (χ4v) is 2.35. The molecule has 2 rings (SSSR count). The molecule has 1 aromatic heterocycles. The number of carbonyl (C=O) groups is 2. The van der Waals surface area contributed by atoms with Crippen molar-refractivity contribution in [1.82, 2.24) is 10.3 Å². The number of esters is 1. The molecule has 23 heavy (non-hydrogen) atoms. The molecule has 0 spiro atoms. The molecule has 0 fully saturated rings. The molecule has 1 atom stereocenters. The van der Waals surface area contributed by atoms with Crippen molar-refractivity contribution in [1.29, 1.82) is 0 Å². The minimum Gasteiger partial charge on any atom is -0.480 e. The topological polar surface area (TPSA) is 91.4 Å². The summed E-state index contributed by atoms with van der Waals surface area (Å²) in [4.78, 5) is 26.3. The van der Waals surface area contributed by atoms with Gasteiger partial charge in [-0.2, -0.15) is 0 Å². The lowest BCUT2D eigenvalue weighted by molar-refractivity contribution is -0.139. The molecule has 0 radical (unpaired) electrons. The molecule has 0 aliphatic carbocycles. The highest BCUT2D eigenvalue weighted by Gasteiger charge is 2.20. The zero-order valence-electron chi connectivity index (χ0n) is 13.1. The number of aromatic amines is 1. The van der Waals surface area contributed by atoms with Crippen molar-refractivity contribution in [2.24, 2.45) is 0 Å². The van der Waals surface area contributed by atoms with Crippen LogP contribution in [0.2, 0.25) is 0 Å². The van der Waals surface area contributed by atoms with Crippen LogP contribution in [0.25, 0.3) is 0 Å². The molecule has 0 amide bonds. The lowest BCUT2D eigenvalue weighted by Crippen LogP contribution is -2.28. The summed E-state index contributed by atoms with van der Waals surface area (Å²) in [5, 5.41) is 12.4. The Labute approximate surface area is 134 Å². The van der Waals surface area contributed by atoms with E-state index in [1.165, 1.54) is 0 Å². The van der Waals surface area contributed by atoms with Crippen LogP contribution in [0, 0.1) is 6.92 Å². The van der Waals surface area contributed by atoms with Gasteiger partial charge in [0.15, 0.2) is 0 Å². The number of nitrogens with one attached hydrogen (secondary N) is 2. The second-order valence-electron chi connectivity index (χ2n) is 5.12. The van der Waals surface area contributed by atoms with Crippen LogP contribution in [0.5, 0.6) is 0 Å². The Morgan fingerprint density at radius 1 is 1.30 bits per heavy atom. The fraction of sp³-hybridized carbons (Fsp3) is 0.294. The number of aromatic nitrogens is 1.